The molecule has 3 rings (SSSR count). The van der Waals surface area contributed by atoms with Gasteiger partial charge < -0.3 is 19.3 Å². The van der Waals surface area contributed by atoms with Crippen molar-refractivity contribution in [3.05, 3.63) is 45.9 Å². The van der Waals surface area contributed by atoms with Crippen molar-refractivity contribution in [2.45, 2.75) is 39.2 Å². The number of hydrogen-bond donors (Lipinski definition) is 2. The molecule has 1 atom stereocenters. The van der Waals surface area contributed by atoms with Crippen LogP contribution in [0.5, 0.6) is 23.0 Å². The smallest absolute Gasteiger partial charge is 0.284 e. The zero-order valence-corrected chi connectivity index (χ0v) is 18.9. The monoisotopic (exact) mass is 476 g/mol. The number of carbonyl (C=O) groups is 1. The minimum Gasteiger partial charge on any atom is -0.503 e. The van der Waals surface area contributed by atoms with E-state index in [-0.39, 0.29) is 17.8 Å². The van der Waals surface area contributed by atoms with Gasteiger partial charge in [-0.1, -0.05) is 26.8 Å². The van der Waals surface area contributed by atoms with E-state index in [1.54, 1.807) is 12.1 Å². The summed E-state index contributed by atoms with van der Waals surface area (Å²) in [5.74, 6) is 1.09. The van der Waals surface area contributed by atoms with Crippen molar-refractivity contribution in [1.82, 2.24) is 5.43 Å². The Morgan fingerprint density at radius 3 is 2.80 bits per heavy atom. The summed E-state index contributed by atoms with van der Waals surface area (Å²) in [4.78, 5) is 12.5. The number of rotatable bonds is 5. The molecule has 0 bridgehead atoms. The molecule has 2 aromatic carbocycles. The van der Waals surface area contributed by atoms with E-state index in [1.165, 1.54) is 6.21 Å². The summed E-state index contributed by atoms with van der Waals surface area (Å²) in [5.41, 5.74) is 4.16. The highest BCUT2D eigenvalue weighted by Gasteiger charge is 2.28. The van der Waals surface area contributed by atoms with Gasteiger partial charge >= 0.3 is 0 Å². The largest absolute Gasteiger partial charge is 0.503 e. The van der Waals surface area contributed by atoms with Crippen molar-refractivity contribution >= 4 is 28.1 Å². The topological polar surface area (TPSA) is 89.4 Å². The first-order chi connectivity index (χ1) is 14.2. The molecule has 7 nitrogen and oxygen atoms in total. The summed E-state index contributed by atoms with van der Waals surface area (Å²) in [7, 11) is 0. The molecule has 0 saturated heterocycles. The van der Waals surface area contributed by atoms with E-state index in [1.807, 2.05) is 25.1 Å². The van der Waals surface area contributed by atoms with Crippen molar-refractivity contribution in [2.24, 2.45) is 5.10 Å². The highest BCUT2D eigenvalue weighted by atomic mass is 79.9. The van der Waals surface area contributed by atoms with Crippen molar-refractivity contribution in [2.75, 3.05) is 13.2 Å². The number of fused-ring (bicyclic) bond motifs is 1. The van der Waals surface area contributed by atoms with Gasteiger partial charge in [0.2, 0.25) is 6.10 Å². The Morgan fingerprint density at radius 2 is 2.10 bits per heavy atom. The molecule has 0 spiro atoms. The third kappa shape index (κ3) is 5.05. The number of benzene rings is 2. The Morgan fingerprint density at radius 1 is 1.33 bits per heavy atom. The number of hydrogen-bond acceptors (Lipinski definition) is 6. The maximum Gasteiger partial charge on any atom is 0.284 e. The number of carbonyl (C=O) groups excluding carboxylic acids is 1. The van der Waals surface area contributed by atoms with Gasteiger partial charge in [0.1, 0.15) is 6.61 Å². The molecule has 1 aliphatic rings. The third-order valence-corrected chi connectivity index (χ3v) is 5.11. The SMILES string of the molecule is CCOc1cc(C=NNC(=O)C2COc3ccc(C(C)(C)C)cc3O2)cc(Br)c1O. The van der Waals surface area contributed by atoms with Crippen LogP contribution in [0, 0.1) is 0 Å². The lowest BCUT2D eigenvalue weighted by Gasteiger charge is -2.27. The highest BCUT2D eigenvalue weighted by molar-refractivity contribution is 9.10. The zero-order valence-electron chi connectivity index (χ0n) is 17.4. The Kier molecular flexibility index (Phi) is 6.55. The lowest BCUT2D eigenvalue weighted by molar-refractivity contribution is -0.130. The second kappa shape index (κ2) is 8.95. The van der Waals surface area contributed by atoms with Crippen molar-refractivity contribution in [3.63, 3.8) is 0 Å². The first kappa shape index (κ1) is 22.0. The summed E-state index contributed by atoms with van der Waals surface area (Å²) in [6.45, 7) is 8.66. The van der Waals surface area contributed by atoms with E-state index in [0.29, 0.717) is 33.9 Å². The Labute approximate surface area is 184 Å². The zero-order chi connectivity index (χ0) is 21.9. The fourth-order valence-electron chi connectivity index (χ4n) is 2.84. The second-order valence-corrected chi connectivity index (χ2v) is 8.70. The fraction of sp³-hybridized carbons (Fsp3) is 0.364. The number of nitrogens with one attached hydrogen (secondary N) is 1. The van der Waals surface area contributed by atoms with Crippen LogP contribution in [0.2, 0.25) is 0 Å². The second-order valence-electron chi connectivity index (χ2n) is 7.85. The van der Waals surface area contributed by atoms with Crippen LogP contribution in [0.25, 0.3) is 0 Å². The predicted molar refractivity (Wildman–Crippen MR) is 118 cm³/mol. The number of halogens is 1. The molecule has 1 aliphatic heterocycles. The van der Waals surface area contributed by atoms with Crippen LogP contribution in [0.15, 0.2) is 39.9 Å². The van der Waals surface area contributed by atoms with Crippen LogP contribution in [-0.4, -0.2) is 36.5 Å². The molecule has 2 N–H and O–H groups in total. The summed E-state index contributed by atoms with van der Waals surface area (Å²) >= 11 is 3.27. The van der Waals surface area contributed by atoms with E-state index in [9.17, 15) is 9.90 Å². The lowest BCUT2D eigenvalue weighted by atomic mass is 9.87. The number of phenols is 1. The predicted octanol–water partition coefficient (Wildman–Crippen LogP) is 4.14. The van der Waals surface area contributed by atoms with Crippen LogP contribution in [-0.2, 0) is 10.2 Å². The van der Waals surface area contributed by atoms with Crippen molar-refractivity contribution in [1.29, 1.82) is 0 Å². The van der Waals surface area contributed by atoms with Crippen molar-refractivity contribution < 1.29 is 24.1 Å². The van der Waals surface area contributed by atoms with E-state index in [4.69, 9.17) is 14.2 Å². The number of ether oxygens (including phenoxy) is 3. The van der Waals surface area contributed by atoms with Gasteiger partial charge in [0.05, 0.1) is 17.3 Å². The minimum absolute atomic E-state index is 0.0130. The molecule has 0 fully saturated rings. The van der Waals surface area contributed by atoms with Gasteiger partial charge in [0, 0.05) is 0 Å². The lowest BCUT2D eigenvalue weighted by Crippen LogP contribution is -2.42. The molecule has 0 saturated carbocycles. The number of hydrazone groups is 1. The van der Waals surface area contributed by atoms with Crippen molar-refractivity contribution in [3.8, 4) is 23.0 Å². The summed E-state index contributed by atoms with van der Waals surface area (Å²) in [6, 6.07) is 9.06. The van der Waals surface area contributed by atoms with Gasteiger partial charge in [-0.05, 0) is 63.7 Å². The molecule has 1 amide bonds. The van der Waals surface area contributed by atoms with E-state index in [0.717, 1.165) is 5.56 Å². The molecular weight excluding hydrogens is 452 g/mol. The molecule has 8 heteroatoms. The minimum atomic E-state index is -0.810. The van der Waals surface area contributed by atoms with Crippen LogP contribution in [0.3, 0.4) is 0 Å². The first-order valence-corrected chi connectivity index (χ1v) is 10.4. The third-order valence-electron chi connectivity index (χ3n) is 4.50. The van der Waals surface area contributed by atoms with Crippen LogP contribution in [0.4, 0.5) is 0 Å². The maximum atomic E-state index is 12.5. The Bertz CT molecular complexity index is 969. The fourth-order valence-corrected chi connectivity index (χ4v) is 3.30. The number of phenolic OH excluding ortho intramolecular Hbond substituents is 1. The molecule has 0 aromatic heterocycles. The number of aromatic hydroxyl groups is 1. The van der Waals surface area contributed by atoms with Gasteiger partial charge in [0.25, 0.3) is 5.91 Å². The molecule has 1 heterocycles. The molecule has 1 unspecified atom stereocenters. The number of nitrogens with zero attached hydrogens (tertiary/aromatic N) is 1. The van der Waals surface area contributed by atoms with Gasteiger partial charge in [-0.25, -0.2) is 5.43 Å². The summed E-state index contributed by atoms with van der Waals surface area (Å²) in [6.07, 6.45) is 0.648. The quantitative estimate of drug-likeness (QED) is 0.499. The molecule has 160 valence electrons. The van der Waals surface area contributed by atoms with Crippen LogP contribution < -0.4 is 19.6 Å². The van der Waals surface area contributed by atoms with Crippen LogP contribution in [0.1, 0.15) is 38.8 Å². The van der Waals surface area contributed by atoms with Gasteiger partial charge in [-0.2, -0.15) is 5.10 Å². The average molecular weight is 477 g/mol. The van der Waals surface area contributed by atoms with E-state index < -0.39 is 12.0 Å². The Hall–Kier alpha value is -2.74. The molecule has 30 heavy (non-hydrogen) atoms. The number of amides is 1. The normalized spacial score (nSPS) is 15.8. The Balaban J connectivity index is 1.66. The molecule has 2 aromatic rings. The standard InChI is InChI=1S/C22H25BrN2O5/c1-5-28-18-9-13(8-15(23)20(18)26)11-24-25-21(27)19-12-29-16-7-6-14(22(2,3)4)10-17(16)30-19/h6-11,19,26H,5,12H2,1-4H3,(H,25,27). The highest BCUT2D eigenvalue weighted by Crippen LogP contribution is 2.36. The molecule has 0 aliphatic carbocycles. The molecule has 0 radical (unpaired) electrons. The average Bonchev–Trinajstić information content (AvgIpc) is 2.70. The van der Waals surface area contributed by atoms with Crippen LogP contribution >= 0.6 is 15.9 Å². The van der Waals surface area contributed by atoms with Gasteiger partial charge in [-0.15, -0.1) is 0 Å². The summed E-state index contributed by atoms with van der Waals surface area (Å²) in [5, 5.41) is 14.0. The van der Waals surface area contributed by atoms with Gasteiger partial charge in [-0.3, -0.25) is 4.79 Å². The maximum absolute atomic E-state index is 12.5. The first-order valence-electron chi connectivity index (χ1n) is 9.61. The van der Waals surface area contributed by atoms with E-state index in [2.05, 4.69) is 47.2 Å². The summed E-state index contributed by atoms with van der Waals surface area (Å²) < 4.78 is 17.4. The molecular formula is C22H25BrN2O5. The van der Waals surface area contributed by atoms with E-state index >= 15 is 0 Å². The van der Waals surface area contributed by atoms with Gasteiger partial charge in [0.15, 0.2) is 23.0 Å².